The van der Waals surface area contributed by atoms with Crippen molar-refractivity contribution in [3.05, 3.63) is 16.4 Å². The van der Waals surface area contributed by atoms with Crippen LogP contribution in [0, 0.1) is 0 Å². The van der Waals surface area contributed by atoms with Gasteiger partial charge in [-0.1, -0.05) is 5.16 Å². The predicted molar refractivity (Wildman–Crippen MR) is 68.0 cm³/mol. The molecular weight excluding hydrogens is 318 g/mol. The molecule has 0 saturated carbocycles. The zero-order valence-corrected chi connectivity index (χ0v) is 11.6. The van der Waals surface area contributed by atoms with Gasteiger partial charge in [0.05, 0.1) is 19.2 Å². The van der Waals surface area contributed by atoms with Gasteiger partial charge in [-0.3, -0.25) is 0 Å². The summed E-state index contributed by atoms with van der Waals surface area (Å²) in [6.07, 6.45) is 0. The van der Waals surface area contributed by atoms with Crippen LogP contribution in [0.25, 0.3) is 11.4 Å². The molecule has 19 heavy (non-hydrogen) atoms. The van der Waals surface area contributed by atoms with Crippen LogP contribution in [0.5, 0.6) is 17.2 Å². The number of aromatic nitrogens is 2. The number of hydrogen-bond donors (Lipinski definition) is 1. The molecule has 0 fully saturated rings. The summed E-state index contributed by atoms with van der Waals surface area (Å²) in [5.41, 5.74) is 6.09. The third-order valence-corrected chi connectivity index (χ3v) is 3.37. The summed E-state index contributed by atoms with van der Waals surface area (Å²) in [5.74, 6) is 2.49. The first-order chi connectivity index (χ1) is 9.24. The number of rotatable bonds is 3. The molecule has 8 heteroatoms. The highest BCUT2D eigenvalue weighted by Crippen LogP contribution is 2.49. The van der Waals surface area contributed by atoms with Gasteiger partial charge in [0, 0.05) is 0 Å². The fourth-order valence-electron chi connectivity index (χ4n) is 1.80. The fourth-order valence-corrected chi connectivity index (χ4v) is 2.48. The highest BCUT2D eigenvalue weighted by molar-refractivity contribution is 9.10. The minimum absolute atomic E-state index is 0.167. The largest absolute Gasteiger partial charge is 0.495 e. The average Bonchev–Trinajstić information content (AvgIpc) is 3.07. The van der Waals surface area contributed by atoms with Crippen molar-refractivity contribution >= 4 is 15.9 Å². The third kappa shape index (κ3) is 1.92. The van der Waals surface area contributed by atoms with Crippen molar-refractivity contribution < 1.29 is 18.7 Å². The van der Waals surface area contributed by atoms with Crippen LogP contribution in [0.1, 0.15) is 5.89 Å². The van der Waals surface area contributed by atoms with Gasteiger partial charge in [-0.2, -0.15) is 4.98 Å². The Labute approximate surface area is 116 Å². The number of ether oxygens (including phenoxy) is 3. The van der Waals surface area contributed by atoms with E-state index in [0.29, 0.717) is 39.0 Å². The Bertz CT molecular complexity index is 629. The van der Waals surface area contributed by atoms with Crippen LogP contribution in [0.2, 0.25) is 0 Å². The van der Waals surface area contributed by atoms with Gasteiger partial charge in [-0.25, -0.2) is 0 Å². The second-order valence-electron chi connectivity index (χ2n) is 3.72. The van der Waals surface area contributed by atoms with Crippen molar-refractivity contribution in [1.82, 2.24) is 10.1 Å². The van der Waals surface area contributed by atoms with E-state index in [1.807, 2.05) is 0 Å². The molecule has 0 atom stereocenters. The Morgan fingerprint density at radius 1 is 1.47 bits per heavy atom. The lowest BCUT2D eigenvalue weighted by Crippen LogP contribution is -1.96. The zero-order chi connectivity index (χ0) is 13.4. The lowest BCUT2D eigenvalue weighted by atomic mass is 10.1. The molecule has 0 radical (unpaired) electrons. The lowest BCUT2D eigenvalue weighted by molar-refractivity contribution is 0.173. The van der Waals surface area contributed by atoms with E-state index >= 15 is 0 Å². The molecule has 2 heterocycles. The van der Waals surface area contributed by atoms with Gasteiger partial charge in [0.25, 0.3) is 0 Å². The monoisotopic (exact) mass is 327 g/mol. The smallest absolute Gasteiger partial charge is 0.240 e. The first kappa shape index (κ1) is 12.2. The van der Waals surface area contributed by atoms with Crippen molar-refractivity contribution in [2.24, 2.45) is 5.73 Å². The second-order valence-corrected chi connectivity index (χ2v) is 4.51. The van der Waals surface area contributed by atoms with E-state index < -0.39 is 0 Å². The minimum Gasteiger partial charge on any atom is -0.495 e. The third-order valence-electron chi connectivity index (χ3n) is 2.65. The van der Waals surface area contributed by atoms with E-state index in [4.69, 9.17) is 24.5 Å². The molecule has 0 spiro atoms. The molecule has 0 bridgehead atoms. The molecule has 0 saturated heterocycles. The molecular formula is C11H10BrN3O4. The van der Waals surface area contributed by atoms with Gasteiger partial charge >= 0.3 is 0 Å². The van der Waals surface area contributed by atoms with Crippen LogP contribution in [-0.2, 0) is 6.54 Å². The summed E-state index contributed by atoms with van der Waals surface area (Å²) in [7, 11) is 1.55. The van der Waals surface area contributed by atoms with Crippen LogP contribution in [0.4, 0.5) is 0 Å². The highest BCUT2D eigenvalue weighted by Gasteiger charge is 2.26. The van der Waals surface area contributed by atoms with Crippen molar-refractivity contribution in [2.45, 2.75) is 6.54 Å². The number of hydrogen-bond acceptors (Lipinski definition) is 7. The maximum Gasteiger partial charge on any atom is 0.240 e. The van der Waals surface area contributed by atoms with Crippen molar-refractivity contribution in [1.29, 1.82) is 0 Å². The Balaban J connectivity index is 2.17. The summed E-state index contributed by atoms with van der Waals surface area (Å²) in [6.45, 7) is 0.349. The summed E-state index contributed by atoms with van der Waals surface area (Å²) in [5, 5.41) is 3.87. The molecule has 1 aromatic heterocycles. The molecule has 1 aliphatic heterocycles. The summed E-state index contributed by atoms with van der Waals surface area (Å²) >= 11 is 3.42. The molecule has 2 N–H and O–H groups in total. The maximum atomic E-state index is 5.45. The topological polar surface area (TPSA) is 92.6 Å². The van der Waals surface area contributed by atoms with Gasteiger partial charge in [0.1, 0.15) is 10.2 Å². The second kappa shape index (κ2) is 4.71. The number of methoxy groups -OCH3 is 1. The van der Waals surface area contributed by atoms with Crippen molar-refractivity contribution in [2.75, 3.05) is 13.9 Å². The molecule has 1 aliphatic rings. The van der Waals surface area contributed by atoms with Crippen LogP contribution < -0.4 is 19.9 Å². The first-order valence-corrected chi connectivity index (χ1v) is 6.23. The standard InChI is InChI=1S/C11H10BrN3O4/c1-16-9-5(11-14-7(3-13)19-15-11)2-6-10(8(9)12)18-4-17-6/h2H,3-4,13H2,1H3. The fraction of sp³-hybridized carbons (Fsp3) is 0.273. The number of halogens is 1. The van der Waals surface area contributed by atoms with Gasteiger partial charge in [-0.15, -0.1) is 0 Å². The van der Waals surface area contributed by atoms with E-state index in [1.165, 1.54) is 0 Å². The molecule has 7 nitrogen and oxygen atoms in total. The van der Waals surface area contributed by atoms with Crippen LogP contribution in [0.3, 0.4) is 0 Å². The summed E-state index contributed by atoms with van der Waals surface area (Å²) < 4.78 is 21.7. The Morgan fingerprint density at radius 2 is 2.32 bits per heavy atom. The Kier molecular flexibility index (Phi) is 3.03. The average molecular weight is 328 g/mol. The van der Waals surface area contributed by atoms with Gasteiger partial charge in [0.15, 0.2) is 11.5 Å². The molecule has 3 rings (SSSR count). The molecule has 100 valence electrons. The highest BCUT2D eigenvalue weighted by atomic mass is 79.9. The van der Waals surface area contributed by atoms with Crippen LogP contribution in [-0.4, -0.2) is 24.0 Å². The van der Waals surface area contributed by atoms with E-state index in [1.54, 1.807) is 13.2 Å². The van der Waals surface area contributed by atoms with E-state index in [2.05, 4.69) is 26.1 Å². The molecule has 1 aromatic carbocycles. The minimum atomic E-state index is 0.167. The van der Waals surface area contributed by atoms with Gasteiger partial charge in [-0.05, 0) is 22.0 Å². The van der Waals surface area contributed by atoms with E-state index in [-0.39, 0.29) is 13.3 Å². The van der Waals surface area contributed by atoms with Crippen molar-refractivity contribution in [3.8, 4) is 28.6 Å². The summed E-state index contributed by atoms with van der Waals surface area (Å²) in [6, 6.07) is 1.75. The maximum absolute atomic E-state index is 5.45. The number of benzene rings is 1. The van der Waals surface area contributed by atoms with Crippen LogP contribution >= 0.6 is 15.9 Å². The van der Waals surface area contributed by atoms with E-state index in [9.17, 15) is 0 Å². The quantitative estimate of drug-likeness (QED) is 0.916. The van der Waals surface area contributed by atoms with Crippen molar-refractivity contribution in [3.63, 3.8) is 0 Å². The van der Waals surface area contributed by atoms with E-state index in [0.717, 1.165) is 0 Å². The number of nitrogens with two attached hydrogens (primary N) is 1. The Morgan fingerprint density at radius 3 is 3.00 bits per heavy atom. The Hall–Kier alpha value is -1.80. The number of fused-ring (bicyclic) bond motifs is 1. The first-order valence-electron chi connectivity index (χ1n) is 5.43. The number of nitrogens with zero attached hydrogens (tertiary/aromatic N) is 2. The molecule has 0 amide bonds. The van der Waals surface area contributed by atoms with Gasteiger partial charge < -0.3 is 24.5 Å². The van der Waals surface area contributed by atoms with Crippen LogP contribution in [0.15, 0.2) is 15.1 Å². The lowest BCUT2D eigenvalue weighted by Gasteiger charge is -2.09. The SMILES string of the molecule is COc1c(-c2noc(CN)n2)cc2c(c1Br)OCO2. The zero-order valence-electron chi connectivity index (χ0n) is 9.97. The predicted octanol–water partition coefficient (Wildman–Crippen LogP) is 1.70. The van der Waals surface area contributed by atoms with Gasteiger partial charge in [0.2, 0.25) is 18.5 Å². The summed E-state index contributed by atoms with van der Waals surface area (Å²) in [4.78, 5) is 4.17. The molecule has 0 aliphatic carbocycles. The molecule has 0 unspecified atom stereocenters. The molecule has 2 aromatic rings. The normalized spacial score (nSPS) is 12.8.